The van der Waals surface area contributed by atoms with Gasteiger partial charge < -0.3 is 5.32 Å². The van der Waals surface area contributed by atoms with E-state index in [1.807, 2.05) is 50.2 Å². The minimum Gasteiger partial charge on any atom is -0.312 e. The summed E-state index contributed by atoms with van der Waals surface area (Å²) in [5.41, 5.74) is 6.94. The molecular formula is C26H23N3OS. The zero-order chi connectivity index (χ0) is 22.1. The molecule has 4 aromatic rings. The first-order chi connectivity index (χ1) is 14.9. The third kappa shape index (κ3) is 3.83. The van der Waals surface area contributed by atoms with Crippen LogP contribution >= 0.6 is 11.3 Å². The van der Waals surface area contributed by atoms with E-state index < -0.39 is 0 Å². The highest BCUT2D eigenvalue weighted by Crippen LogP contribution is 2.34. The highest BCUT2D eigenvalue weighted by molar-refractivity contribution is 7.16. The second-order valence-electron chi connectivity index (χ2n) is 7.65. The van der Waals surface area contributed by atoms with Gasteiger partial charge in [0, 0.05) is 15.8 Å². The van der Waals surface area contributed by atoms with Gasteiger partial charge in [0.15, 0.2) is 0 Å². The monoisotopic (exact) mass is 425 g/mol. The van der Waals surface area contributed by atoms with Gasteiger partial charge in [0.2, 0.25) is 0 Å². The Labute approximate surface area is 186 Å². The van der Waals surface area contributed by atoms with Gasteiger partial charge in [0.25, 0.3) is 5.91 Å². The number of nitrogens with one attached hydrogen (secondary N) is 1. The van der Waals surface area contributed by atoms with Crippen LogP contribution in [0.4, 0.5) is 5.00 Å². The molecule has 5 heteroatoms. The highest BCUT2D eigenvalue weighted by atomic mass is 32.1. The van der Waals surface area contributed by atoms with Gasteiger partial charge in [-0.1, -0.05) is 48.9 Å². The summed E-state index contributed by atoms with van der Waals surface area (Å²) in [7, 11) is 0. The molecule has 4 rings (SSSR count). The standard InChI is InChI=1S/C26H23N3OS/c1-5-18-17(4)31-26(22(18)14-27)29-25(30)21-13-24(19-11-10-15(2)12-16(19)3)28-23-9-7-6-8-20(21)23/h6-13H,5H2,1-4H3,(H,29,30). The van der Waals surface area contributed by atoms with E-state index in [9.17, 15) is 10.1 Å². The second kappa shape index (κ2) is 8.33. The quantitative estimate of drug-likeness (QED) is 0.402. The fourth-order valence-corrected chi connectivity index (χ4v) is 5.07. The van der Waals surface area contributed by atoms with Gasteiger partial charge in [-0.15, -0.1) is 11.3 Å². The van der Waals surface area contributed by atoms with Crippen molar-refractivity contribution < 1.29 is 4.79 Å². The Kier molecular flexibility index (Phi) is 5.58. The van der Waals surface area contributed by atoms with Crippen LogP contribution in [0.5, 0.6) is 0 Å². The van der Waals surface area contributed by atoms with Gasteiger partial charge in [-0.3, -0.25) is 4.79 Å². The zero-order valence-corrected chi connectivity index (χ0v) is 18.9. The number of benzene rings is 2. The fourth-order valence-electron chi connectivity index (χ4n) is 3.98. The molecule has 0 fully saturated rings. The van der Waals surface area contributed by atoms with Gasteiger partial charge in [-0.05, 0) is 50.5 Å². The molecule has 2 aromatic carbocycles. The molecule has 1 N–H and O–H groups in total. The third-order valence-corrected chi connectivity index (χ3v) is 6.58. The van der Waals surface area contributed by atoms with E-state index in [0.717, 1.165) is 44.6 Å². The molecule has 0 unspecified atom stereocenters. The van der Waals surface area contributed by atoms with Crippen molar-refractivity contribution in [3.8, 4) is 17.3 Å². The predicted molar refractivity (Wildman–Crippen MR) is 128 cm³/mol. The van der Waals surface area contributed by atoms with Crippen molar-refractivity contribution in [2.75, 3.05) is 5.32 Å². The Balaban J connectivity index is 1.84. The lowest BCUT2D eigenvalue weighted by atomic mass is 9.99. The van der Waals surface area contributed by atoms with Crippen molar-refractivity contribution in [1.82, 2.24) is 4.98 Å². The lowest BCUT2D eigenvalue weighted by Crippen LogP contribution is -2.13. The SMILES string of the molecule is CCc1c(C)sc(NC(=O)c2cc(-c3ccc(C)cc3C)nc3ccccc23)c1C#N. The predicted octanol–water partition coefficient (Wildman–Crippen LogP) is 6.57. The summed E-state index contributed by atoms with van der Waals surface area (Å²) in [6.45, 7) is 8.12. The molecule has 0 aliphatic rings. The molecule has 0 saturated heterocycles. The van der Waals surface area contributed by atoms with Crippen molar-refractivity contribution in [3.63, 3.8) is 0 Å². The Hall–Kier alpha value is -3.49. The molecule has 1 amide bonds. The van der Waals surface area contributed by atoms with E-state index in [1.165, 1.54) is 16.9 Å². The topological polar surface area (TPSA) is 65.8 Å². The minimum atomic E-state index is -0.231. The molecule has 2 heterocycles. The Morgan fingerprint density at radius 3 is 2.61 bits per heavy atom. The number of fused-ring (bicyclic) bond motifs is 1. The Morgan fingerprint density at radius 2 is 1.90 bits per heavy atom. The van der Waals surface area contributed by atoms with Gasteiger partial charge >= 0.3 is 0 Å². The summed E-state index contributed by atoms with van der Waals surface area (Å²) in [6, 6.07) is 18.0. The van der Waals surface area contributed by atoms with Crippen LogP contribution in [-0.4, -0.2) is 10.9 Å². The molecule has 0 atom stereocenters. The van der Waals surface area contributed by atoms with E-state index in [-0.39, 0.29) is 5.91 Å². The van der Waals surface area contributed by atoms with Crippen LogP contribution in [0.15, 0.2) is 48.5 Å². The molecule has 0 aliphatic heterocycles. The molecule has 0 saturated carbocycles. The van der Waals surface area contributed by atoms with Crippen molar-refractivity contribution >= 4 is 33.1 Å². The summed E-state index contributed by atoms with van der Waals surface area (Å²) in [4.78, 5) is 19.3. The number of nitriles is 1. The van der Waals surface area contributed by atoms with Crippen LogP contribution < -0.4 is 5.32 Å². The number of amides is 1. The van der Waals surface area contributed by atoms with Gasteiger partial charge in [-0.25, -0.2) is 4.98 Å². The number of pyridine rings is 1. The van der Waals surface area contributed by atoms with E-state index in [4.69, 9.17) is 4.98 Å². The first kappa shape index (κ1) is 20.8. The first-order valence-corrected chi connectivity index (χ1v) is 11.1. The molecule has 0 spiro atoms. The van der Waals surface area contributed by atoms with Crippen molar-refractivity contribution in [1.29, 1.82) is 5.26 Å². The van der Waals surface area contributed by atoms with Crippen LogP contribution in [0.1, 0.15) is 44.4 Å². The van der Waals surface area contributed by atoms with E-state index in [2.05, 4.69) is 37.4 Å². The Bertz CT molecular complexity index is 1360. The van der Waals surface area contributed by atoms with Crippen LogP contribution in [0.25, 0.3) is 22.2 Å². The average Bonchev–Trinajstić information content (AvgIpc) is 3.06. The molecular weight excluding hydrogens is 402 g/mol. The molecule has 2 aromatic heterocycles. The van der Waals surface area contributed by atoms with Gasteiger partial charge in [0.05, 0.1) is 22.3 Å². The minimum absolute atomic E-state index is 0.231. The number of carbonyl (C=O) groups is 1. The molecule has 31 heavy (non-hydrogen) atoms. The number of aromatic nitrogens is 1. The fraction of sp³-hybridized carbons (Fsp3) is 0.192. The maximum absolute atomic E-state index is 13.4. The van der Waals surface area contributed by atoms with Crippen LogP contribution in [0.3, 0.4) is 0 Å². The number of carbonyl (C=O) groups excluding carboxylic acids is 1. The Morgan fingerprint density at radius 1 is 1.13 bits per heavy atom. The van der Waals surface area contributed by atoms with Crippen LogP contribution in [0.2, 0.25) is 0 Å². The largest absolute Gasteiger partial charge is 0.312 e. The number of anilines is 1. The van der Waals surface area contributed by atoms with Crippen LogP contribution in [0, 0.1) is 32.1 Å². The third-order valence-electron chi connectivity index (χ3n) is 5.52. The van der Waals surface area contributed by atoms with E-state index in [1.54, 1.807) is 0 Å². The van der Waals surface area contributed by atoms with Crippen molar-refractivity contribution in [2.45, 2.75) is 34.1 Å². The number of para-hydroxylation sites is 1. The molecule has 0 bridgehead atoms. The maximum atomic E-state index is 13.4. The number of aryl methyl sites for hydroxylation is 3. The van der Waals surface area contributed by atoms with E-state index in [0.29, 0.717) is 16.1 Å². The summed E-state index contributed by atoms with van der Waals surface area (Å²) >= 11 is 1.45. The normalized spacial score (nSPS) is 10.8. The highest BCUT2D eigenvalue weighted by Gasteiger charge is 2.20. The molecule has 154 valence electrons. The lowest BCUT2D eigenvalue weighted by molar-refractivity contribution is 0.102. The zero-order valence-electron chi connectivity index (χ0n) is 18.0. The van der Waals surface area contributed by atoms with E-state index >= 15 is 0 Å². The number of rotatable bonds is 4. The van der Waals surface area contributed by atoms with Gasteiger partial charge in [-0.2, -0.15) is 5.26 Å². The smallest absolute Gasteiger partial charge is 0.257 e. The maximum Gasteiger partial charge on any atom is 0.257 e. The second-order valence-corrected chi connectivity index (χ2v) is 8.88. The number of hydrogen-bond acceptors (Lipinski definition) is 4. The summed E-state index contributed by atoms with van der Waals surface area (Å²) in [5, 5.41) is 14.0. The molecule has 4 nitrogen and oxygen atoms in total. The number of nitrogens with zero attached hydrogens (tertiary/aromatic N) is 2. The first-order valence-electron chi connectivity index (χ1n) is 10.2. The van der Waals surface area contributed by atoms with Crippen LogP contribution in [-0.2, 0) is 6.42 Å². The van der Waals surface area contributed by atoms with Crippen molar-refractivity contribution in [3.05, 3.63) is 81.2 Å². The number of hydrogen-bond donors (Lipinski definition) is 1. The lowest BCUT2D eigenvalue weighted by Gasteiger charge is -2.12. The summed E-state index contributed by atoms with van der Waals surface area (Å²) in [5.74, 6) is -0.231. The molecule has 0 aliphatic carbocycles. The van der Waals surface area contributed by atoms with Gasteiger partial charge in [0.1, 0.15) is 11.1 Å². The van der Waals surface area contributed by atoms with Crippen molar-refractivity contribution in [2.24, 2.45) is 0 Å². The number of thiophene rings is 1. The average molecular weight is 426 g/mol. The molecule has 0 radical (unpaired) electrons. The summed E-state index contributed by atoms with van der Waals surface area (Å²) in [6.07, 6.45) is 0.760. The summed E-state index contributed by atoms with van der Waals surface area (Å²) < 4.78 is 0.